The number of hydrogen-bond donors (Lipinski definition) is 2. The lowest BCUT2D eigenvalue weighted by atomic mass is 9.95. The first-order chi connectivity index (χ1) is 10.0. The van der Waals surface area contributed by atoms with Crippen LogP contribution in [-0.2, 0) is 9.59 Å². The summed E-state index contributed by atoms with van der Waals surface area (Å²) in [6.07, 6.45) is 3.23. The van der Waals surface area contributed by atoms with Crippen LogP contribution in [0.3, 0.4) is 0 Å². The Morgan fingerprint density at radius 3 is 2.29 bits per heavy atom. The van der Waals surface area contributed by atoms with E-state index in [0.29, 0.717) is 18.9 Å². The number of nitrogens with one attached hydrogen (secondary N) is 1. The van der Waals surface area contributed by atoms with Gasteiger partial charge in [0.25, 0.3) is 0 Å². The largest absolute Gasteiger partial charge is 0.481 e. The predicted molar refractivity (Wildman–Crippen MR) is 83.0 cm³/mol. The molecule has 1 rings (SSSR count). The highest BCUT2D eigenvalue weighted by atomic mass is 16.4. The third-order valence-corrected chi connectivity index (χ3v) is 4.74. The van der Waals surface area contributed by atoms with E-state index in [2.05, 4.69) is 31.0 Å². The number of carbonyl (C=O) groups excluding carboxylic acids is 1. The van der Waals surface area contributed by atoms with Crippen LogP contribution < -0.4 is 5.32 Å². The van der Waals surface area contributed by atoms with Gasteiger partial charge in [-0.25, -0.2) is 0 Å². The first-order valence-corrected chi connectivity index (χ1v) is 8.26. The zero-order valence-corrected chi connectivity index (χ0v) is 13.6. The molecule has 1 aliphatic rings. The van der Waals surface area contributed by atoms with Crippen LogP contribution in [-0.4, -0.2) is 48.1 Å². The molecule has 5 heteroatoms. The van der Waals surface area contributed by atoms with Gasteiger partial charge in [-0.3, -0.25) is 9.59 Å². The molecule has 1 amide bonds. The summed E-state index contributed by atoms with van der Waals surface area (Å²) in [6, 6.07) is 0. The molecule has 0 aromatic rings. The van der Waals surface area contributed by atoms with Crippen molar-refractivity contribution in [3.05, 3.63) is 0 Å². The topological polar surface area (TPSA) is 69.6 Å². The Kier molecular flexibility index (Phi) is 7.72. The highest BCUT2D eigenvalue weighted by Gasteiger charge is 2.41. The lowest BCUT2D eigenvalue weighted by Crippen LogP contribution is -2.37. The number of hydrogen-bond acceptors (Lipinski definition) is 3. The second-order valence-corrected chi connectivity index (χ2v) is 5.97. The van der Waals surface area contributed by atoms with E-state index in [9.17, 15) is 14.7 Å². The molecule has 3 atom stereocenters. The highest BCUT2D eigenvalue weighted by Crippen LogP contribution is 2.38. The number of rotatable bonds is 9. The van der Waals surface area contributed by atoms with Crippen LogP contribution in [0.25, 0.3) is 0 Å². The number of amides is 1. The standard InChI is InChI=1S/C16H30N2O3/c1-4-12-10-13(14(11-12)16(20)21)15(19)17-8-7-9-18(5-2)6-3/h12-14H,4-11H2,1-3H3,(H,17,19)(H,20,21)/t12?,13-,14+/m0/s1. The summed E-state index contributed by atoms with van der Waals surface area (Å²) >= 11 is 0. The zero-order valence-electron chi connectivity index (χ0n) is 13.6. The molecule has 0 aliphatic heterocycles. The van der Waals surface area contributed by atoms with E-state index in [-0.39, 0.29) is 11.8 Å². The smallest absolute Gasteiger partial charge is 0.307 e. The Hall–Kier alpha value is -1.10. The fourth-order valence-corrected chi connectivity index (χ4v) is 3.22. The Morgan fingerprint density at radius 2 is 1.76 bits per heavy atom. The lowest BCUT2D eigenvalue weighted by Gasteiger charge is -2.19. The third-order valence-electron chi connectivity index (χ3n) is 4.74. The van der Waals surface area contributed by atoms with Crippen molar-refractivity contribution in [2.45, 2.75) is 46.5 Å². The van der Waals surface area contributed by atoms with Crippen molar-refractivity contribution in [3.8, 4) is 0 Å². The quantitative estimate of drug-likeness (QED) is 0.639. The predicted octanol–water partition coefficient (Wildman–Crippen LogP) is 1.97. The van der Waals surface area contributed by atoms with Crippen LogP contribution in [0.2, 0.25) is 0 Å². The summed E-state index contributed by atoms with van der Waals surface area (Å²) in [7, 11) is 0. The van der Waals surface area contributed by atoms with Gasteiger partial charge in [0.1, 0.15) is 0 Å². The normalized spacial score (nSPS) is 25.2. The first kappa shape index (κ1) is 18.0. The van der Waals surface area contributed by atoms with E-state index in [1.165, 1.54) is 0 Å². The lowest BCUT2D eigenvalue weighted by molar-refractivity contribution is -0.146. The number of carboxylic acid groups (broad SMARTS) is 1. The number of nitrogens with zero attached hydrogens (tertiary/aromatic N) is 1. The molecule has 0 spiro atoms. The van der Waals surface area contributed by atoms with Crippen molar-refractivity contribution in [3.63, 3.8) is 0 Å². The molecular formula is C16H30N2O3. The molecule has 0 radical (unpaired) electrons. The molecular weight excluding hydrogens is 268 g/mol. The molecule has 0 heterocycles. The van der Waals surface area contributed by atoms with E-state index >= 15 is 0 Å². The minimum atomic E-state index is -0.825. The monoisotopic (exact) mass is 298 g/mol. The van der Waals surface area contributed by atoms with Gasteiger partial charge in [-0.05, 0) is 44.8 Å². The summed E-state index contributed by atoms with van der Waals surface area (Å²) in [6.45, 7) is 9.96. The Balaban J connectivity index is 2.38. The minimum absolute atomic E-state index is 0.0714. The van der Waals surface area contributed by atoms with Gasteiger partial charge in [-0.2, -0.15) is 0 Å². The van der Waals surface area contributed by atoms with Crippen LogP contribution >= 0.6 is 0 Å². The number of carbonyl (C=O) groups is 2. The first-order valence-electron chi connectivity index (χ1n) is 8.26. The van der Waals surface area contributed by atoms with E-state index < -0.39 is 11.9 Å². The van der Waals surface area contributed by atoms with Gasteiger partial charge in [0.15, 0.2) is 0 Å². The molecule has 2 N–H and O–H groups in total. The summed E-state index contributed by atoms with van der Waals surface area (Å²) < 4.78 is 0. The summed E-state index contributed by atoms with van der Waals surface area (Å²) in [5.74, 6) is -1.37. The fraction of sp³-hybridized carbons (Fsp3) is 0.875. The summed E-state index contributed by atoms with van der Waals surface area (Å²) in [5.41, 5.74) is 0. The Labute approximate surface area is 128 Å². The molecule has 0 bridgehead atoms. The van der Waals surface area contributed by atoms with Crippen LogP contribution in [0.4, 0.5) is 0 Å². The molecule has 1 saturated carbocycles. The van der Waals surface area contributed by atoms with E-state index in [1.807, 2.05) is 0 Å². The van der Waals surface area contributed by atoms with Crippen LogP contribution in [0.15, 0.2) is 0 Å². The van der Waals surface area contributed by atoms with Gasteiger partial charge in [-0.15, -0.1) is 0 Å². The Morgan fingerprint density at radius 1 is 1.14 bits per heavy atom. The van der Waals surface area contributed by atoms with Crippen LogP contribution in [0.5, 0.6) is 0 Å². The summed E-state index contributed by atoms with van der Waals surface area (Å²) in [4.78, 5) is 25.8. The van der Waals surface area contributed by atoms with Crippen molar-refractivity contribution in [2.75, 3.05) is 26.2 Å². The molecule has 5 nitrogen and oxygen atoms in total. The molecule has 0 aromatic carbocycles. The second-order valence-electron chi connectivity index (χ2n) is 5.97. The van der Waals surface area contributed by atoms with Gasteiger partial charge in [0, 0.05) is 6.54 Å². The SMILES string of the molecule is CCC1C[C@H](C(=O)NCCCN(CC)CC)[C@H](C(=O)O)C1. The second kappa shape index (κ2) is 9.03. The number of aliphatic carboxylic acids is 1. The van der Waals surface area contributed by atoms with Gasteiger partial charge < -0.3 is 15.3 Å². The van der Waals surface area contributed by atoms with Crippen molar-refractivity contribution >= 4 is 11.9 Å². The van der Waals surface area contributed by atoms with Gasteiger partial charge in [-0.1, -0.05) is 27.2 Å². The van der Waals surface area contributed by atoms with Crippen molar-refractivity contribution in [1.82, 2.24) is 10.2 Å². The molecule has 122 valence electrons. The zero-order chi connectivity index (χ0) is 15.8. The van der Waals surface area contributed by atoms with Crippen molar-refractivity contribution in [1.29, 1.82) is 0 Å². The molecule has 1 aliphatic carbocycles. The minimum Gasteiger partial charge on any atom is -0.481 e. The summed E-state index contributed by atoms with van der Waals surface area (Å²) in [5, 5.41) is 12.2. The average Bonchev–Trinajstić information content (AvgIpc) is 2.92. The maximum absolute atomic E-state index is 12.2. The van der Waals surface area contributed by atoms with Crippen molar-refractivity contribution < 1.29 is 14.7 Å². The highest BCUT2D eigenvalue weighted by molar-refractivity contribution is 5.85. The Bertz CT molecular complexity index is 342. The maximum Gasteiger partial charge on any atom is 0.307 e. The van der Waals surface area contributed by atoms with Gasteiger partial charge in [0.05, 0.1) is 11.8 Å². The van der Waals surface area contributed by atoms with Gasteiger partial charge in [0.2, 0.25) is 5.91 Å². The van der Waals surface area contributed by atoms with Gasteiger partial charge >= 0.3 is 5.97 Å². The third kappa shape index (κ3) is 5.30. The van der Waals surface area contributed by atoms with E-state index in [4.69, 9.17) is 0 Å². The molecule has 0 saturated heterocycles. The molecule has 1 fully saturated rings. The molecule has 0 aromatic heterocycles. The fourth-order valence-electron chi connectivity index (χ4n) is 3.22. The van der Waals surface area contributed by atoms with E-state index in [1.54, 1.807) is 0 Å². The van der Waals surface area contributed by atoms with Crippen molar-refractivity contribution in [2.24, 2.45) is 17.8 Å². The molecule has 1 unspecified atom stereocenters. The van der Waals surface area contributed by atoms with Crippen LogP contribution in [0, 0.1) is 17.8 Å². The van der Waals surface area contributed by atoms with E-state index in [0.717, 1.165) is 38.9 Å². The van der Waals surface area contributed by atoms with Crippen LogP contribution in [0.1, 0.15) is 46.5 Å². The molecule has 21 heavy (non-hydrogen) atoms. The average molecular weight is 298 g/mol. The number of carboxylic acids is 1. The maximum atomic E-state index is 12.2.